The van der Waals surface area contributed by atoms with E-state index in [4.69, 9.17) is 4.74 Å². The smallest absolute Gasteiger partial charge is 0.324 e. The molecule has 0 aliphatic rings. The van der Waals surface area contributed by atoms with Crippen molar-refractivity contribution in [3.8, 4) is 0 Å². The molecule has 1 heterocycles. The van der Waals surface area contributed by atoms with Crippen LogP contribution >= 0.6 is 11.3 Å². The third kappa shape index (κ3) is 5.00. The summed E-state index contributed by atoms with van der Waals surface area (Å²) >= 11 is 1.49. The molecule has 1 aromatic carbocycles. The van der Waals surface area contributed by atoms with Crippen molar-refractivity contribution >= 4 is 33.1 Å². The lowest BCUT2D eigenvalue weighted by molar-refractivity contribution is -0.144. The Morgan fingerprint density at radius 2 is 1.77 bits per heavy atom. The zero-order valence-electron chi connectivity index (χ0n) is 15.0. The van der Waals surface area contributed by atoms with Crippen molar-refractivity contribution in [1.29, 1.82) is 0 Å². The number of hydrogen-bond donors (Lipinski definition) is 1. The van der Waals surface area contributed by atoms with Crippen LogP contribution in [-0.4, -0.2) is 32.8 Å². The minimum atomic E-state index is -3.85. The maximum absolute atomic E-state index is 12.3. The molecule has 0 saturated carbocycles. The van der Waals surface area contributed by atoms with Crippen molar-refractivity contribution in [1.82, 2.24) is 4.72 Å². The van der Waals surface area contributed by atoms with Gasteiger partial charge < -0.3 is 4.74 Å². The summed E-state index contributed by atoms with van der Waals surface area (Å²) in [6.45, 7) is 6.51. The molecule has 6 nitrogen and oxygen atoms in total. The van der Waals surface area contributed by atoms with Crippen molar-refractivity contribution in [2.75, 3.05) is 6.61 Å². The molecule has 8 heteroatoms. The Morgan fingerprint density at radius 1 is 1.15 bits per heavy atom. The second-order valence-corrected chi connectivity index (χ2v) is 9.19. The number of hydrogen-bond acceptors (Lipinski definition) is 6. The number of ketones is 1. The lowest BCUT2D eigenvalue weighted by Crippen LogP contribution is -2.40. The first-order valence-corrected chi connectivity index (χ1v) is 10.3. The molecule has 0 fully saturated rings. The molecule has 0 saturated heterocycles. The van der Waals surface area contributed by atoms with E-state index in [9.17, 15) is 18.0 Å². The zero-order valence-corrected chi connectivity index (χ0v) is 16.7. The maximum Gasteiger partial charge on any atom is 0.324 e. The number of carbonyl (C=O) groups excluding carboxylic acids is 2. The summed E-state index contributed by atoms with van der Waals surface area (Å²) in [5, 5.41) is 0. The summed E-state index contributed by atoms with van der Waals surface area (Å²) in [4.78, 5) is 26.1. The highest BCUT2D eigenvalue weighted by Gasteiger charge is 2.24. The molecular formula is C18H21NO5S2. The van der Waals surface area contributed by atoms with E-state index in [1.54, 1.807) is 18.2 Å². The van der Waals surface area contributed by atoms with Crippen LogP contribution in [0.4, 0.5) is 0 Å². The van der Waals surface area contributed by atoms with Crippen LogP contribution in [0, 0.1) is 20.8 Å². The molecular weight excluding hydrogens is 374 g/mol. The fourth-order valence-electron chi connectivity index (χ4n) is 2.31. The summed E-state index contributed by atoms with van der Waals surface area (Å²) in [7, 11) is -3.85. The fourth-order valence-corrected chi connectivity index (χ4v) is 4.45. The Bertz CT molecular complexity index is 914. The fraction of sp³-hybridized carbons (Fsp3) is 0.333. The number of nitrogens with one attached hydrogen (secondary N) is 1. The first kappa shape index (κ1) is 20.3. The number of benzene rings is 1. The van der Waals surface area contributed by atoms with Gasteiger partial charge in [0.2, 0.25) is 15.8 Å². The molecule has 0 radical (unpaired) electrons. The minimum absolute atomic E-state index is 0.0585. The standard InChI is InChI=1S/C18H21NO5S2/c1-11-5-7-15(8-6-11)26(22,23)19-13(3)18(21)24-10-17(20)16-9-12(2)25-14(16)4/h5-9,13,19H,10H2,1-4H3/t13-/m0/s1. The first-order valence-electron chi connectivity index (χ1n) is 7.96. The number of Topliss-reactive ketones (excluding diaryl/α,β-unsaturated/α-hetero) is 1. The van der Waals surface area contributed by atoms with Gasteiger partial charge in [0.05, 0.1) is 4.90 Å². The molecule has 1 atom stereocenters. The predicted octanol–water partition coefficient (Wildman–Crippen LogP) is 2.77. The largest absolute Gasteiger partial charge is 0.456 e. The Balaban J connectivity index is 1.96. The van der Waals surface area contributed by atoms with Crippen molar-refractivity contribution in [2.45, 2.75) is 38.6 Å². The number of aryl methyl sites for hydroxylation is 3. The van der Waals surface area contributed by atoms with Gasteiger partial charge in [-0.05, 0) is 45.9 Å². The van der Waals surface area contributed by atoms with Crippen LogP contribution in [0.15, 0.2) is 35.2 Å². The zero-order chi connectivity index (χ0) is 19.5. The lowest BCUT2D eigenvalue weighted by Gasteiger charge is -2.13. The second-order valence-electron chi connectivity index (χ2n) is 6.01. The molecule has 0 bridgehead atoms. The SMILES string of the molecule is Cc1ccc(S(=O)(=O)N[C@@H](C)C(=O)OCC(=O)c2cc(C)sc2C)cc1. The predicted molar refractivity (Wildman–Crippen MR) is 100 cm³/mol. The van der Waals surface area contributed by atoms with Crippen LogP contribution in [0.5, 0.6) is 0 Å². The number of sulfonamides is 1. The monoisotopic (exact) mass is 395 g/mol. The number of thiophene rings is 1. The molecule has 26 heavy (non-hydrogen) atoms. The number of esters is 1. The van der Waals surface area contributed by atoms with E-state index in [1.807, 2.05) is 20.8 Å². The topological polar surface area (TPSA) is 89.5 Å². The van der Waals surface area contributed by atoms with Gasteiger partial charge in [-0.25, -0.2) is 8.42 Å². The molecule has 0 aliphatic heterocycles. The average Bonchev–Trinajstić information content (AvgIpc) is 2.90. The molecule has 0 amide bonds. The van der Waals surface area contributed by atoms with Crippen molar-refractivity contribution in [3.63, 3.8) is 0 Å². The number of carbonyl (C=O) groups is 2. The van der Waals surface area contributed by atoms with Gasteiger partial charge in [-0.15, -0.1) is 11.3 Å². The van der Waals surface area contributed by atoms with Gasteiger partial charge >= 0.3 is 5.97 Å². The van der Waals surface area contributed by atoms with E-state index < -0.39 is 28.6 Å². The molecule has 2 aromatic rings. The van der Waals surface area contributed by atoms with Gasteiger partial charge in [-0.1, -0.05) is 17.7 Å². The van der Waals surface area contributed by atoms with Crippen LogP contribution in [0.2, 0.25) is 0 Å². The van der Waals surface area contributed by atoms with E-state index >= 15 is 0 Å². The minimum Gasteiger partial charge on any atom is -0.456 e. The Labute approximate surface area is 157 Å². The number of ether oxygens (including phenoxy) is 1. The van der Waals surface area contributed by atoms with Crippen molar-refractivity contribution in [3.05, 3.63) is 51.2 Å². The molecule has 1 aromatic heterocycles. The summed E-state index contributed by atoms with van der Waals surface area (Å²) < 4.78 is 31.8. The third-order valence-electron chi connectivity index (χ3n) is 3.70. The normalized spacial score (nSPS) is 12.6. The first-order chi connectivity index (χ1) is 12.1. The van der Waals surface area contributed by atoms with Gasteiger partial charge in [0.1, 0.15) is 6.04 Å². The highest BCUT2D eigenvalue weighted by atomic mass is 32.2. The maximum atomic E-state index is 12.3. The van der Waals surface area contributed by atoms with Crippen LogP contribution in [0.25, 0.3) is 0 Å². The van der Waals surface area contributed by atoms with Gasteiger partial charge in [0, 0.05) is 15.3 Å². The Morgan fingerprint density at radius 3 is 2.31 bits per heavy atom. The summed E-state index contributed by atoms with van der Waals surface area (Å²) in [5.41, 5.74) is 1.45. The highest BCUT2D eigenvalue weighted by Crippen LogP contribution is 2.21. The Hall–Kier alpha value is -2.03. The second kappa shape index (κ2) is 8.11. The average molecular weight is 396 g/mol. The molecule has 1 N–H and O–H groups in total. The molecule has 0 spiro atoms. The van der Waals surface area contributed by atoms with E-state index in [-0.39, 0.29) is 10.7 Å². The Kier molecular flexibility index (Phi) is 6.33. The molecule has 0 unspecified atom stereocenters. The van der Waals surface area contributed by atoms with Gasteiger partial charge in [0.15, 0.2) is 6.61 Å². The quantitative estimate of drug-likeness (QED) is 0.575. The van der Waals surface area contributed by atoms with E-state index in [2.05, 4.69) is 4.72 Å². The molecule has 0 aliphatic carbocycles. The van der Waals surface area contributed by atoms with Crippen LogP contribution < -0.4 is 4.72 Å². The summed E-state index contributed by atoms with van der Waals surface area (Å²) in [5.74, 6) is -1.12. The number of rotatable bonds is 7. The van der Waals surface area contributed by atoms with Crippen molar-refractivity contribution in [2.24, 2.45) is 0 Å². The summed E-state index contributed by atoms with van der Waals surface area (Å²) in [6.07, 6.45) is 0. The third-order valence-corrected chi connectivity index (χ3v) is 6.23. The van der Waals surface area contributed by atoms with Crippen LogP contribution in [0.1, 0.15) is 32.6 Å². The summed E-state index contributed by atoms with van der Waals surface area (Å²) in [6, 6.07) is 6.89. The van der Waals surface area contributed by atoms with E-state index in [0.717, 1.165) is 15.3 Å². The lowest BCUT2D eigenvalue weighted by atomic mass is 10.2. The highest BCUT2D eigenvalue weighted by molar-refractivity contribution is 7.89. The van der Waals surface area contributed by atoms with Crippen LogP contribution in [-0.2, 0) is 19.6 Å². The van der Waals surface area contributed by atoms with Crippen LogP contribution in [0.3, 0.4) is 0 Å². The molecule has 140 valence electrons. The van der Waals surface area contributed by atoms with Gasteiger partial charge in [0.25, 0.3) is 0 Å². The van der Waals surface area contributed by atoms with E-state index in [0.29, 0.717) is 5.56 Å². The van der Waals surface area contributed by atoms with Gasteiger partial charge in [-0.3, -0.25) is 9.59 Å². The molecule has 2 rings (SSSR count). The van der Waals surface area contributed by atoms with Crippen molar-refractivity contribution < 1.29 is 22.7 Å². The van der Waals surface area contributed by atoms with E-state index in [1.165, 1.54) is 30.4 Å². The van der Waals surface area contributed by atoms with Gasteiger partial charge in [-0.2, -0.15) is 4.72 Å².